The van der Waals surface area contributed by atoms with Gasteiger partial charge in [0.15, 0.2) is 11.6 Å². The van der Waals surface area contributed by atoms with Crippen LogP contribution in [-0.4, -0.2) is 6.36 Å². The number of fused-ring (bicyclic) bond motifs is 1. The van der Waals surface area contributed by atoms with Gasteiger partial charge in [0, 0.05) is 0 Å². The molecule has 4 unspecified atom stereocenters. The maximum absolute atomic E-state index is 14.1. The van der Waals surface area contributed by atoms with Gasteiger partial charge in [-0.3, -0.25) is 0 Å². The van der Waals surface area contributed by atoms with Crippen LogP contribution < -0.4 is 4.74 Å². The van der Waals surface area contributed by atoms with Crippen molar-refractivity contribution in [3.8, 4) is 16.9 Å². The highest BCUT2D eigenvalue weighted by Gasteiger charge is 2.36. The summed E-state index contributed by atoms with van der Waals surface area (Å²) in [6.45, 7) is 2.27. The summed E-state index contributed by atoms with van der Waals surface area (Å²) < 4.78 is 54.9. The summed E-state index contributed by atoms with van der Waals surface area (Å²) in [6.07, 6.45) is 8.50. The summed E-state index contributed by atoms with van der Waals surface area (Å²) >= 11 is 0. The van der Waals surface area contributed by atoms with Crippen molar-refractivity contribution in [3.63, 3.8) is 0 Å². The van der Waals surface area contributed by atoms with Gasteiger partial charge < -0.3 is 4.74 Å². The monoisotopic (exact) mass is 462 g/mol. The van der Waals surface area contributed by atoms with Crippen LogP contribution in [0.3, 0.4) is 0 Å². The molecule has 180 valence electrons. The molecule has 5 heteroatoms. The van der Waals surface area contributed by atoms with E-state index in [9.17, 15) is 17.6 Å². The Labute approximate surface area is 194 Å². The molecule has 2 fully saturated rings. The number of hydrogen-bond donors (Lipinski definition) is 0. The van der Waals surface area contributed by atoms with Crippen LogP contribution in [0, 0.1) is 23.6 Å². The van der Waals surface area contributed by atoms with Gasteiger partial charge in [0.1, 0.15) is 0 Å². The molecule has 0 saturated heterocycles. The van der Waals surface area contributed by atoms with Crippen LogP contribution in [0.2, 0.25) is 0 Å². The number of unbranched alkanes of at least 4 members (excludes halogenated alkanes) is 2. The average Bonchev–Trinajstić information content (AvgIpc) is 2.79. The molecule has 1 nitrogen and oxygen atoms in total. The summed E-state index contributed by atoms with van der Waals surface area (Å²) in [4.78, 5) is 0. The first kappa shape index (κ1) is 24.1. The lowest BCUT2D eigenvalue weighted by Crippen LogP contribution is -2.30. The Hall–Kier alpha value is -2.04. The van der Waals surface area contributed by atoms with Gasteiger partial charge in [0.25, 0.3) is 0 Å². The highest BCUT2D eigenvalue weighted by molar-refractivity contribution is 5.64. The number of hydrogen-bond acceptors (Lipinski definition) is 1. The lowest BCUT2D eigenvalue weighted by Gasteiger charge is -2.42. The number of ether oxygens (including phenoxy) is 1. The van der Waals surface area contributed by atoms with E-state index in [1.54, 1.807) is 0 Å². The summed E-state index contributed by atoms with van der Waals surface area (Å²) in [5, 5.41) is 0. The normalized spacial score (nSPS) is 25.5. The fourth-order valence-corrected chi connectivity index (χ4v) is 6.07. The molecule has 0 aliphatic heterocycles. The van der Waals surface area contributed by atoms with Crippen LogP contribution in [0.4, 0.5) is 17.6 Å². The Morgan fingerprint density at radius 1 is 0.848 bits per heavy atom. The molecule has 2 aromatic rings. The molecule has 0 spiro atoms. The van der Waals surface area contributed by atoms with E-state index in [-0.39, 0.29) is 0 Å². The van der Waals surface area contributed by atoms with Gasteiger partial charge in [-0.2, -0.15) is 0 Å². The molecule has 2 saturated carbocycles. The minimum atomic E-state index is -4.91. The van der Waals surface area contributed by atoms with Crippen LogP contribution in [0.1, 0.15) is 82.6 Å². The molecule has 0 bridgehead atoms. The molecule has 4 rings (SSSR count). The summed E-state index contributed by atoms with van der Waals surface area (Å²) in [6, 6.07) is 11.7. The SMILES string of the molecule is CCCCCC1CCC2CC(c3ccc(-c4ccc(OC(F)(F)F)c(F)c4)cc3)CCC2C1. The third-order valence-electron chi connectivity index (χ3n) is 7.81. The van der Waals surface area contributed by atoms with Crippen molar-refractivity contribution in [2.45, 2.75) is 83.4 Å². The Balaban J connectivity index is 1.35. The van der Waals surface area contributed by atoms with Crippen LogP contribution >= 0.6 is 0 Å². The summed E-state index contributed by atoms with van der Waals surface area (Å²) in [7, 11) is 0. The molecule has 2 aliphatic carbocycles. The second-order valence-corrected chi connectivity index (χ2v) is 10.0. The minimum Gasteiger partial charge on any atom is -0.403 e. The molecule has 0 amide bonds. The molecular weight excluding hydrogens is 428 g/mol. The Morgan fingerprint density at radius 3 is 2.24 bits per heavy atom. The van der Waals surface area contributed by atoms with Crippen molar-refractivity contribution in [1.29, 1.82) is 0 Å². The van der Waals surface area contributed by atoms with Crippen LogP contribution in [0.15, 0.2) is 42.5 Å². The first-order chi connectivity index (χ1) is 15.8. The van der Waals surface area contributed by atoms with Gasteiger partial charge in [-0.1, -0.05) is 69.4 Å². The Bertz CT molecular complexity index is 905. The van der Waals surface area contributed by atoms with Gasteiger partial charge in [-0.05, 0) is 84.6 Å². The average molecular weight is 463 g/mol. The highest BCUT2D eigenvalue weighted by atomic mass is 19.4. The number of rotatable bonds is 7. The van der Waals surface area contributed by atoms with E-state index in [0.717, 1.165) is 35.4 Å². The Kier molecular flexibility index (Phi) is 7.65. The van der Waals surface area contributed by atoms with Crippen LogP contribution in [0.5, 0.6) is 5.75 Å². The number of halogens is 4. The molecule has 0 aromatic heterocycles. The van der Waals surface area contributed by atoms with Gasteiger partial charge in [0.2, 0.25) is 0 Å². The zero-order chi connectivity index (χ0) is 23.4. The molecule has 2 aromatic carbocycles. The van der Waals surface area contributed by atoms with E-state index in [1.807, 2.05) is 12.1 Å². The summed E-state index contributed by atoms with van der Waals surface area (Å²) in [5.41, 5.74) is 2.65. The van der Waals surface area contributed by atoms with Crippen LogP contribution in [0.25, 0.3) is 11.1 Å². The largest absolute Gasteiger partial charge is 0.573 e. The molecule has 4 atom stereocenters. The highest BCUT2D eigenvalue weighted by Crippen LogP contribution is 2.48. The molecular formula is C28H34F4O. The van der Waals surface area contributed by atoms with E-state index in [2.05, 4.69) is 23.8 Å². The second-order valence-electron chi connectivity index (χ2n) is 10.0. The quantitative estimate of drug-likeness (QED) is 0.294. The van der Waals surface area contributed by atoms with E-state index < -0.39 is 17.9 Å². The second kappa shape index (κ2) is 10.5. The first-order valence-corrected chi connectivity index (χ1v) is 12.5. The third-order valence-corrected chi connectivity index (χ3v) is 7.81. The van der Waals surface area contributed by atoms with E-state index >= 15 is 0 Å². The van der Waals surface area contributed by atoms with Gasteiger partial charge in [-0.15, -0.1) is 13.2 Å². The van der Waals surface area contributed by atoms with Gasteiger partial charge in [0.05, 0.1) is 0 Å². The number of alkyl halides is 3. The van der Waals surface area contributed by atoms with Crippen molar-refractivity contribution in [1.82, 2.24) is 0 Å². The smallest absolute Gasteiger partial charge is 0.403 e. The fourth-order valence-electron chi connectivity index (χ4n) is 6.07. The van der Waals surface area contributed by atoms with Gasteiger partial charge >= 0.3 is 6.36 Å². The molecule has 2 aliphatic rings. The lowest BCUT2D eigenvalue weighted by molar-refractivity contribution is -0.275. The standard InChI is InChI=1S/C28H34F4O/c1-2-3-4-5-19-6-7-24-17-23(13-12-22(24)16-19)20-8-10-21(11-9-20)25-14-15-27(26(29)18-25)33-28(30,31)32/h8-11,14-15,18-19,22-24H,2-7,12-13,16-17H2,1H3. The predicted octanol–water partition coefficient (Wildman–Crippen LogP) is 9.27. The number of benzene rings is 2. The first-order valence-electron chi connectivity index (χ1n) is 12.5. The maximum atomic E-state index is 14.1. The van der Waals surface area contributed by atoms with E-state index in [0.29, 0.717) is 11.5 Å². The zero-order valence-electron chi connectivity index (χ0n) is 19.3. The van der Waals surface area contributed by atoms with E-state index in [1.165, 1.54) is 75.8 Å². The lowest BCUT2D eigenvalue weighted by atomic mass is 9.63. The van der Waals surface area contributed by atoms with Gasteiger partial charge in [-0.25, -0.2) is 4.39 Å². The van der Waals surface area contributed by atoms with Crippen LogP contribution in [-0.2, 0) is 0 Å². The van der Waals surface area contributed by atoms with Crippen molar-refractivity contribution in [2.24, 2.45) is 17.8 Å². The minimum absolute atomic E-state index is 0.540. The molecule has 33 heavy (non-hydrogen) atoms. The summed E-state index contributed by atoms with van der Waals surface area (Å²) in [5.74, 6) is 1.40. The zero-order valence-corrected chi connectivity index (χ0v) is 19.3. The van der Waals surface area contributed by atoms with Crippen molar-refractivity contribution in [3.05, 3.63) is 53.8 Å². The predicted molar refractivity (Wildman–Crippen MR) is 124 cm³/mol. The van der Waals surface area contributed by atoms with Crippen molar-refractivity contribution < 1.29 is 22.3 Å². The maximum Gasteiger partial charge on any atom is 0.573 e. The van der Waals surface area contributed by atoms with Crippen molar-refractivity contribution >= 4 is 0 Å². The van der Waals surface area contributed by atoms with Crippen molar-refractivity contribution in [2.75, 3.05) is 0 Å². The molecule has 0 N–H and O–H groups in total. The fraction of sp³-hybridized carbons (Fsp3) is 0.571. The van der Waals surface area contributed by atoms with E-state index in [4.69, 9.17) is 0 Å². The molecule has 0 radical (unpaired) electrons. The Morgan fingerprint density at radius 2 is 1.55 bits per heavy atom. The topological polar surface area (TPSA) is 9.23 Å². The third kappa shape index (κ3) is 6.30. The molecule has 0 heterocycles.